The van der Waals surface area contributed by atoms with Gasteiger partial charge >= 0.3 is 79.4 Å². The summed E-state index contributed by atoms with van der Waals surface area (Å²) in [6.07, 6.45) is 1.38. The quantitative estimate of drug-likeness (QED) is 0.751. The molecule has 1 heterocycles. The van der Waals surface area contributed by atoms with E-state index >= 15 is 0 Å². The first-order valence-electron chi connectivity index (χ1n) is 4.36. The van der Waals surface area contributed by atoms with Crippen LogP contribution in [0.2, 0.25) is 5.32 Å². The summed E-state index contributed by atoms with van der Waals surface area (Å²) in [5.41, 5.74) is 0. The molecule has 0 saturated carbocycles. The summed E-state index contributed by atoms with van der Waals surface area (Å²) < 4.78 is 1.53. The Balaban J connectivity index is 1.79. The molecule has 1 aromatic rings. The molecule has 1 saturated heterocycles. The fourth-order valence-electron chi connectivity index (χ4n) is 1.20. The van der Waals surface area contributed by atoms with Crippen LogP contribution < -0.4 is 9.78 Å². The SMILES string of the molecule is c1ccc([Se]CC2CCN2)cc1. The Kier molecular flexibility index (Phi) is 2.83. The van der Waals surface area contributed by atoms with Crippen molar-refractivity contribution in [2.45, 2.75) is 17.8 Å². The molecule has 1 nitrogen and oxygen atoms in total. The summed E-state index contributed by atoms with van der Waals surface area (Å²) in [5, 5.41) is 4.79. The first-order chi connectivity index (χ1) is 5.95. The molecule has 0 amide bonds. The second-order valence-electron chi connectivity index (χ2n) is 3.06. The maximum absolute atomic E-state index is 3.43. The number of hydrogen-bond donors (Lipinski definition) is 1. The van der Waals surface area contributed by atoms with E-state index in [0.717, 1.165) is 6.04 Å². The van der Waals surface area contributed by atoms with Crippen LogP contribution in [0.1, 0.15) is 6.42 Å². The van der Waals surface area contributed by atoms with E-state index in [4.69, 9.17) is 0 Å². The van der Waals surface area contributed by atoms with E-state index < -0.39 is 0 Å². The van der Waals surface area contributed by atoms with Gasteiger partial charge in [0.2, 0.25) is 0 Å². The van der Waals surface area contributed by atoms with E-state index in [1.165, 1.54) is 22.7 Å². The van der Waals surface area contributed by atoms with Gasteiger partial charge in [-0.1, -0.05) is 0 Å². The molecule has 1 fully saturated rings. The van der Waals surface area contributed by atoms with Crippen molar-refractivity contribution in [1.82, 2.24) is 5.32 Å². The minimum atomic E-state index is 0.680. The molecule has 0 aliphatic carbocycles. The van der Waals surface area contributed by atoms with Crippen LogP contribution in [-0.2, 0) is 0 Å². The zero-order valence-corrected chi connectivity index (χ0v) is 8.71. The van der Waals surface area contributed by atoms with Crippen LogP contribution >= 0.6 is 0 Å². The van der Waals surface area contributed by atoms with Crippen LogP contribution in [0.5, 0.6) is 0 Å². The molecular formula is C10H13NSe. The van der Waals surface area contributed by atoms with Crippen LogP contribution in [0.3, 0.4) is 0 Å². The van der Waals surface area contributed by atoms with Gasteiger partial charge in [0, 0.05) is 0 Å². The zero-order chi connectivity index (χ0) is 8.23. The number of hydrogen-bond acceptors (Lipinski definition) is 1. The topological polar surface area (TPSA) is 12.0 Å². The average Bonchev–Trinajstić information content (AvgIpc) is 2.04. The molecule has 2 heteroatoms. The van der Waals surface area contributed by atoms with Crippen molar-refractivity contribution in [2.75, 3.05) is 6.54 Å². The van der Waals surface area contributed by atoms with Crippen molar-refractivity contribution in [3.05, 3.63) is 30.3 Å². The Morgan fingerprint density at radius 2 is 2.08 bits per heavy atom. The van der Waals surface area contributed by atoms with Crippen LogP contribution in [0, 0.1) is 0 Å². The van der Waals surface area contributed by atoms with Gasteiger partial charge < -0.3 is 0 Å². The number of rotatable bonds is 3. The third-order valence-electron chi connectivity index (χ3n) is 2.12. The van der Waals surface area contributed by atoms with Crippen molar-refractivity contribution in [3.8, 4) is 0 Å². The summed E-state index contributed by atoms with van der Waals surface area (Å²) in [7, 11) is 0. The molecule has 0 radical (unpaired) electrons. The van der Waals surface area contributed by atoms with E-state index in [1.54, 1.807) is 0 Å². The Bertz CT molecular complexity index is 231. The molecule has 12 heavy (non-hydrogen) atoms. The van der Waals surface area contributed by atoms with Crippen LogP contribution in [0.15, 0.2) is 30.3 Å². The summed E-state index contributed by atoms with van der Waals surface area (Å²) in [4.78, 5) is 0. The van der Waals surface area contributed by atoms with Crippen molar-refractivity contribution < 1.29 is 0 Å². The van der Waals surface area contributed by atoms with Crippen molar-refractivity contribution in [1.29, 1.82) is 0 Å². The van der Waals surface area contributed by atoms with Gasteiger partial charge in [-0.2, -0.15) is 0 Å². The molecule has 0 aromatic heterocycles. The third-order valence-corrected chi connectivity index (χ3v) is 4.58. The second kappa shape index (κ2) is 4.08. The van der Waals surface area contributed by atoms with Crippen molar-refractivity contribution >= 4 is 19.4 Å². The molecule has 2 rings (SSSR count). The van der Waals surface area contributed by atoms with Gasteiger partial charge in [0.1, 0.15) is 0 Å². The molecule has 1 aliphatic heterocycles. The maximum atomic E-state index is 3.43. The molecule has 1 N–H and O–H groups in total. The molecule has 1 aliphatic rings. The Hall–Kier alpha value is -0.301. The van der Waals surface area contributed by atoms with Crippen LogP contribution in [0.4, 0.5) is 0 Å². The Morgan fingerprint density at radius 1 is 1.33 bits per heavy atom. The molecule has 0 spiro atoms. The average molecular weight is 226 g/mol. The summed E-state index contributed by atoms with van der Waals surface area (Å²) in [6, 6.07) is 11.6. The fraction of sp³-hybridized carbons (Fsp3) is 0.400. The van der Waals surface area contributed by atoms with Crippen molar-refractivity contribution in [3.63, 3.8) is 0 Å². The Labute approximate surface area is 79.7 Å². The van der Waals surface area contributed by atoms with Crippen molar-refractivity contribution in [2.24, 2.45) is 0 Å². The van der Waals surface area contributed by atoms with Gasteiger partial charge in [0.15, 0.2) is 0 Å². The molecule has 1 aromatic carbocycles. The molecule has 1 unspecified atom stereocenters. The zero-order valence-electron chi connectivity index (χ0n) is 6.99. The monoisotopic (exact) mass is 227 g/mol. The molecule has 0 bridgehead atoms. The summed E-state index contributed by atoms with van der Waals surface area (Å²) in [5.74, 6) is 0. The van der Waals surface area contributed by atoms with Gasteiger partial charge in [-0.15, -0.1) is 0 Å². The van der Waals surface area contributed by atoms with E-state index in [-0.39, 0.29) is 0 Å². The fourth-order valence-corrected chi connectivity index (χ4v) is 3.36. The van der Waals surface area contributed by atoms with E-state index in [1.807, 2.05) is 0 Å². The van der Waals surface area contributed by atoms with Gasteiger partial charge in [0.05, 0.1) is 0 Å². The predicted octanol–water partition coefficient (Wildman–Crippen LogP) is 0.796. The normalized spacial score (nSPS) is 21.8. The Morgan fingerprint density at radius 3 is 2.67 bits per heavy atom. The first-order valence-corrected chi connectivity index (χ1v) is 6.43. The minimum absolute atomic E-state index is 0.680. The predicted molar refractivity (Wildman–Crippen MR) is 53.0 cm³/mol. The van der Waals surface area contributed by atoms with Gasteiger partial charge in [-0.05, 0) is 0 Å². The van der Waals surface area contributed by atoms with Gasteiger partial charge in [0.25, 0.3) is 0 Å². The van der Waals surface area contributed by atoms with Gasteiger partial charge in [-0.3, -0.25) is 0 Å². The van der Waals surface area contributed by atoms with E-state index in [0.29, 0.717) is 15.0 Å². The molecule has 1 atom stereocenters. The summed E-state index contributed by atoms with van der Waals surface area (Å²) in [6.45, 7) is 1.23. The standard InChI is InChI=1S/C10H13NSe/c1-2-4-10(5-3-1)12-8-9-6-7-11-9/h1-5,9,11H,6-8H2. The number of benzene rings is 1. The summed E-state index contributed by atoms with van der Waals surface area (Å²) >= 11 is 0.680. The molecular weight excluding hydrogens is 213 g/mol. The van der Waals surface area contributed by atoms with E-state index in [9.17, 15) is 0 Å². The second-order valence-corrected chi connectivity index (χ2v) is 5.36. The third kappa shape index (κ3) is 2.10. The van der Waals surface area contributed by atoms with E-state index in [2.05, 4.69) is 35.6 Å². The van der Waals surface area contributed by atoms with Gasteiger partial charge in [-0.25, -0.2) is 0 Å². The van der Waals surface area contributed by atoms with Crippen LogP contribution in [-0.4, -0.2) is 27.5 Å². The first kappa shape index (κ1) is 8.30. The van der Waals surface area contributed by atoms with Crippen LogP contribution in [0.25, 0.3) is 0 Å². The molecule has 64 valence electrons. The number of nitrogens with one attached hydrogen (secondary N) is 1.